The molecule has 2 rings (SSSR count). The second kappa shape index (κ2) is 5.57. The average molecular weight is 284 g/mol. The van der Waals surface area contributed by atoms with Crippen LogP contribution < -0.4 is 0 Å². The fourth-order valence-corrected chi connectivity index (χ4v) is 2.88. The van der Waals surface area contributed by atoms with E-state index in [-0.39, 0.29) is 11.3 Å². The second-order valence-corrected chi connectivity index (χ2v) is 5.41. The first-order valence-corrected chi connectivity index (χ1v) is 6.89. The molecule has 0 fully saturated rings. The maximum atomic E-state index is 12.8. The standard InChI is InChI=1S/C14H11F3OS/c15-14(16,17)13-9-5-4-6-11(13)10-19(18)12-7-2-1-3-8-12/h1-9H,10H2. The number of halogens is 3. The topological polar surface area (TPSA) is 17.1 Å². The second-order valence-electron chi connectivity index (χ2n) is 3.96. The molecule has 0 aliphatic carbocycles. The molecule has 0 bridgehead atoms. The summed E-state index contributed by atoms with van der Waals surface area (Å²) in [6, 6.07) is 13.7. The van der Waals surface area contributed by atoms with E-state index in [1.54, 1.807) is 30.3 Å². The number of alkyl halides is 3. The predicted octanol–water partition coefficient (Wildman–Crippen LogP) is 4.01. The first kappa shape index (κ1) is 13.8. The molecule has 2 aromatic rings. The number of benzene rings is 2. The van der Waals surface area contributed by atoms with Crippen LogP contribution in [-0.2, 0) is 22.7 Å². The van der Waals surface area contributed by atoms with Crippen LogP contribution >= 0.6 is 0 Å². The maximum Gasteiger partial charge on any atom is 0.416 e. The van der Waals surface area contributed by atoms with E-state index in [0.717, 1.165) is 6.07 Å². The van der Waals surface area contributed by atoms with Crippen LogP contribution in [0, 0.1) is 0 Å². The van der Waals surface area contributed by atoms with Gasteiger partial charge in [0.15, 0.2) is 0 Å². The van der Waals surface area contributed by atoms with Gasteiger partial charge in [-0.3, -0.25) is 4.21 Å². The van der Waals surface area contributed by atoms with Crippen LogP contribution in [0.25, 0.3) is 0 Å². The van der Waals surface area contributed by atoms with Crippen LogP contribution in [0.2, 0.25) is 0 Å². The van der Waals surface area contributed by atoms with Crippen LogP contribution in [0.1, 0.15) is 11.1 Å². The first-order valence-electron chi connectivity index (χ1n) is 5.57. The minimum atomic E-state index is -4.42. The van der Waals surface area contributed by atoms with Gasteiger partial charge < -0.3 is 0 Å². The van der Waals surface area contributed by atoms with E-state index in [1.165, 1.54) is 18.2 Å². The van der Waals surface area contributed by atoms with Crippen molar-refractivity contribution >= 4 is 10.8 Å². The maximum absolute atomic E-state index is 12.8. The van der Waals surface area contributed by atoms with Crippen LogP contribution in [0.4, 0.5) is 13.2 Å². The molecular formula is C14H11F3OS. The number of hydrogen-bond donors (Lipinski definition) is 0. The lowest BCUT2D eigenvalue weighted by Crippen LogP contribution is -2.10. The summed E-state index contributed by atoms with van der Waals surface area (Å²) in [7, 11) is -1.48. The smallest absolute Gasteiger partial charge is 0.254 e. The van der Waals surface area contributed by atoms with Crippen LogP contribution in [0.15, 0.2) is 59.5 Å². The lowest BCUT2D eigenvalue weighted by atomic mass is 10.1. The molecule has 0 saturated heterocycles. The fourth-order valence-electron chi connectivity index (χ4n) is 1.72. The van der Waals surface area contributed by atoms with Crippen molar-refractivity contribution in [3.8, 4) is 0 Å². The monoisotopic (exact) mass is 284 g/mol. The molecule has 0 aliphatic rings. The van der Waals surface area contributed by atoms with Gasteiger partial charge in [-0.25, -0.2) is 0 Å². The van der Waals surface area contributed by atoms with Gasteiger partial charge in [-0.1, -0.05) is 36.4 Å². The molecule has 0 N–H and O–H groups in total. The summed E-state index contributed by atoms with van der Waals surface area (Å²) in [5, 5.41) is 0. The zero-order valence-electron chi connectivity index (χ0n) is 9.85. The summed E-state index contributed by atoms with van der Waals surface area (Å²) >= 11 is 0. The summed E-state index contributed by atoms with van der Waals surface area (Å²) < 4.78 is 50.4. The summed E-state index contributed by atoms with van der Waals surface area (Å²) in [6.45, 7) is 0. The van der Waals surface area contributed by atoms with Crippen molar-refractivity contribution in [3.05, 3.63) is 65.7 Å². The van der Waals surface area contributed by atoms with Gasteiger partial charge in [0, 0.05) is 4.90 Å². The highest BCUT2D eigenvalue weighted by atomic mass is 32.2. The average Bonchev–Trinajstić information content (AvgIpc) is 2.39. The summed E-state index contributed by atoms with van der Waals surface area (Å²) in [5.74, 6) is -0.139. The Hall–Kier alpha value is -1.62. The van der Waals surface area contributed by atoms with Crippen molar-refractivity contribution in [2.24, 2.45) is 0 Å². The zero-order valence-corrected chi connectivity index (χ0v) is 10.7. The van der Waals surface area contributed by atoms with Crippen LogP contribution in [0.3, 0.4) is 0 Å². The van der Waals surface area contributed by atoms with Crippen molar-refractivity contribution in [1.82, 2.24) is 0 Å². The Bertz CT molecular complexity index is 579. The first-order chi connectivity index (χ1) is 8.98. The largest absolute Gasteiger partial charge is 0.416 e. The van der Waals surface area contributed by atoms with Crippen molar-refractivity contribution in [1.29, 1.82) is 0 Å². The van der Waals surface area contributed by atoms with Gasteiger partial charge in [-0.15, -0.1) is 0 Å². The third kappa shape index (κ3) is 3.44. The molecule has 0 heterocycles. The highest BCUT2D eigenvalue weighted by Gasteiger charge is 2.33. The Morgan fingerprint density at radius 3 is 2.11 bits per heavy atom. The summed E-state index contributed by atoms with van der Waals surface area (Å²) in [6.07, 6.45) is -4.42. The SMILES string of the molecule is O=S(Cc1ccccc1C(F)(F)F)c1ccccc1. The zero-order chi connectivity index (χ0) is 13.9. The van der Waals surface area contributed by atoms with E-state index in [0.29, 0.717) is 4.90 Å². The lowest BCUT2D eigenvalue weighted by molar-refractivity contribution is -0.138. The molecule has 0 saturated carbocycles. The molecule has 0 radical (unpaired) electrons. The third-order valence-corrected chi connectivity index (χ3v) is 3.99. The molecule has 1 nitrogen and oxygen atoms in total. The highest BCUT2D eigenvalue weighted by molar-refractivity contribution is 7.84. The van der Waals surface area contributed by atoms with E-state index in [4.69, 9.17) is 0 Å². The Labute approximate surface area is 111 Å². The number of hydrogen-bond acceptors (Lipinski definition) is 1. The fraction of sp³-hybridized carbons (Fsp3) is 0.143. The van der Waals surface area contributed by atoms with E-state index in [9.17, 15) is 17.4 Å². The molecule has 19 heavy (non-hydrogen) atoms. The van der Waals surface area contributed by atoms with Gasteiger partial charge in [0.2, 0.25) is 0 Å². The summed E-state index contributed by atoms with van der Waals surface area (Å²) in [4.78, 5) is 0.527. The van der Waals surface area contributed by atoms with Gasteiger partial charge in [0.25, 0.3) is 0 Å². The molecule has 1 atom stereocenters. The minimum Gasteiger partial charge on any atom is -0.254 e. The third-order valence-electron chi connectivity index (χ3n) is 2.62. The highest BCUT2D eigenvalue weighted by Crippen LogP contribution is 2.32. The molecule has 0 spiro atoms. The van der Waals surface area contributed by atoms with Gasteiger partial charge >= 0.3 is 6.18 Å². The quantitative estimate of drug-likeness (QED) is 0.832. The molecule has 0 amide bonds. The Morgan fingerprint density at radius 1 is 0.895 bits per heavy atom. The van der Waals surface area contributed by atoms with Crippen molar-refractivity contribution < 1.29 is 17.4 Å². The van der Waals surface area contributed by atoms with Gasteiger partial charge in [0.05, 0.1) is 22.1 Å². The molecule has 0 aromatic heterocycles. The lowest BCUT2D eigenvalue weighted by Gasteiger charge is -2.12. The Kier molecular flexibility index (Phi) is 4.04. The van der Waals surface area contributed by atoms with Gasteiger partial charge in [-0.05, 0) is 23.8 Å². The molecular weight excluding hydrogens is 273 g/mol. The van der Waals surface area contributed by atoms with Crippen LogP contribution in [0.5, 0.6) is 0 Å². The van der Waals surface area contributed by atoms with Crippen molar-refractivity contribution in [3.63, 3.8) is 0 Å². The van der Waals surface area contributed by atoms with E-state index in [2.05, 4.69) is 0 Å². The number of rotatable bonds is 3. The Balaban J connectivity index is 2.28. The minimum absolute atomic E-state index is 0.0530. The summed E-state index contributed by atoms with van der Waals surface area (Å²) in [5.41, 5.74) is -0.670. The van der Waals surface area contributed by atoms with Crippen molar-refractivity contribution in [2.75, 3.05) is 0 Å². The molecule has 1 unspecified atom stereocenters. The van der Waals surface area contributed by atoms with E-state index >= 15 is 0 Å². The molecule has 2 aromatic carbocycles. The van der Waals surface area contributed by atoms with Crippen molar-refractivity contribution in [2.45, 2.75) is 16.8 Å². The normalized spacial score (nSPS) is 13.2. The van der Waals surface area contributed by atoms with E-state index < -0.39 is 22.5 Å². The Morgan fingerprint density at radius 2 is 1.47 bits per heavy atom. The molecule has 100 valence electrons. The molecule has 5 heteroatoms. The molecule has 0 aliphatic heterocycles. The van der Waals surface area contributed by atoms with Gasteiger partial charge in [0.1, 0.15) is 0 Å². The van der Waals surface area contributed by atoms with Gasteiger partial charge in [-0.2, -0.15) is 13.2 Å². The van der Waals surface area contributed by atoms with Crippen LogP contribution in [-0.4, -0.2) is 4.21 Å². The predicted molar refractivity (Wildman–Crippen MR) is 68.0 cm³/mol. The van der Waals surface area contributed by atoms with E-state index in [1.807, 2.05) is 0 Å².